The fourth-order valence-corrected chi connectivity index (χ4v) is 2.66. The van der Waals surface area contributed by atoms with Crippen LogP contribution in [0.15, 0.2) is 47.1 Å². The summed E-state index contributed by atoms with van der Waals surface area (Å²) in [4.78, 5) is 22.4. The van der Waals surface area contributed by atoms with E-state index >= 15 is 0 Å². The molecule has 0 aliphatic heterocycles. The van der Waals surface area contributed by atoms with Gasteiger partial charge in [-0.05, 0) is 48.2 Å². The van der Waals surface area contributed by atoms with Gasteiger partial charge in [0.1, 0.15) is 5.52 Å². The minimum Gasteiger partial charge on any atom is -0.441 e. The van der Waals surface area contributed by atoms with E-state index in [-0.39, 0.29) is 5.91 Å². The first-order valence-electron chi connectivity index (χ1n) is 8.11. The molecule has 2 aromatic heterocycles. The Kier molecular flexibility index (Phi) is 4.89. The molecule has 5 nitrogen and oxygen atoms in total. The van der Waals surface area contributed by atoms with Gasteiger partial charge in [-0.25, -0.2) is 4.98 Å². The van der Waals surface area contributed by atoms with Crippen molar-refractivity contribution in [1.82, 2.24) is 14.9 Å². The van der Waals surface area contributed by atoms with Crippen LogP contribution < -0.4 is 0 Å². The lowest BCUT2D eigenvalue weighted by Crippen LogP contribution is -2.29. The number of fused-ring (bicyclic) bond motifs is 1. The van der Waals surface area contributed by atoms with Gasteiger partial charge in [0.25, 0.3) is 0 Å². The van der Waals surface area contributed by atoms with E-state index in [9.17, 15) is 4.79 Å². The number of oxazole rings is 1. The van der Waals surface area contributed by atoms with Gasteiger partial charge in [0, 0.05) is 39.3 Å². The molecule has 0 fully saturated rings. The second-order valence-electron chi connectivity index (χ2n) is 5.96. The van der Waals surface area contributed by atoms with E-state index in [0.29, 0.717) is 25.3 Å². The zero-order valence-corrected chi connectivity index (χ0v) is 14.0. The summed E-state index contributed by atoms with van der Waals surface area (Å²) in [6.07, 6.45) is 5.60. The van der Waals surface area contributed by atoms with Gasteiger partial charge in [0.2, 0.25) is 5.91 Å². The second-order valence-corrected chi connectivity index (χ2v) is 5.96. The van der Waals surface area contributed by atoms with Gasteiger partial charge >= 0.3 is 0 Å². The van der Waals surface area contributed by atoms with Crippen molar-refractivity contribution in [2.75, 3.05) is 13.6 Å². The fourth-order valence-electron chi connectivity index (χ4n) is 2.66. The summed E-state index contributed by atoms with van der Waals surface area (Å²) in [6.45, 7) is 2.55. The first-order valence-corrected chi connectivity index (χ1v) is 8.11. The van der Waals surface area contributed by atoms with Crippen molar-refractivity contribution in [3.05, 3.63) is 59.7 Å². The molecule has 0 unspecified atom stereocenters. The number of hydrogen-bond acceptors (Lipinski definition) is 4. The molecule has 0 atom stereocenters. The standard InChI is InChI=1S/C19H21N3O2/c1-14-21-17-13-16(3-5-18(17)24-14)4-6-19(23)22(2)12-9-15-7-10-20-11-8-15/h3,5,7-8,10-11,13H,4,6,9,12H2,1-2H3. The number of benzene rings is 1. The minimum atomic E-state index is 0.153. The highest BCUT2D eigenvalue weighted by atomic mass is 16.3. The molecule has 0 saturated heterocycles. The van der Waals surface area contributed by atoms with Gasteiger partial charge in [-0.1, -0.05) is 6.07 Å². The Bertz CT molecular complexity index is 827. The number of amides is 1. The second kappa shape index (κ2) is 7.25. The lowest BCUT2D eigenvalue weighted by molar-refractivity contribution is -0.129. The minimum absolute atomic E-state index is 0.153. The molecule has 24 heavy (non-hydrogen) atoms. The molecule has 0 bridgehead atoms. The maximum atomic E-state index is 12.3. The molecule has 0 aliphatic rings. The highest BCUT2D eigenvalue weighted by Gasteiger charge is 2.10. The Morgan fingerprint density at radius 3 is 2.71 bits per heavy atom. The van der Waals surface area contributed by atoms with E-state index in [1.165, 1.54) is 5.56 Å². The van der Waals surface area contributed by atoms with E-state index in [1.807, 2.05) is 44.3 Å². The lowest BCUT2D eigenvalue weighted by atomic mass is 10.1. The maximum Gasteiger partial charge on any atom is 0.222 e. The maximum absolute atomic E-state index is 12.3. The van der Waals surface area contributed by atoms with E-state index < -0.39 is 0 Å². The van der Waals surface area contributed by atoms with Crippen molar-refractivity contribution in [3.63, 3.8) is 0 Å². The van der Waals surface area contributed by atoms with E-state index in [0.717, 1.165) is 23.1 Å². The zero-order chi connectivity index (χ0) is 16.9. The largest absolute Gasteiger partial charge is 0.441 e. The highest BCUT2D eigenvalue weighted by Crippen LogP contribution is 2.17. The number of carbonyl (C=O) groups excluding carboxylic acids is 1. The number of aryl methyl sites for hydroxylation is 2. The van der Waals surface area contributed by atoms with Crippen molar-refractivity contribution >= 4 is 17.0 Å². The topological polar surface area (TPSA) is 59.2 Å². The molecule has 0 radical (unpaired) electrons. The van der Waals surface area contributed by atoms with Crippen LogP contribution >= 0.6 is 0 Å². The van der Waals surface area contributed by atoms with Crippen molar-refractivity contribution in [3.8, 4) is 0 Å². The molecule has 0 N–H and O–H groups in total. The van der Waals surface area contributed by atoms with Crippen LogP contribution in [0.5, 0.6) is 0 Å². The predicted molar refractivity (Wildman–Crippen MR) is 92.6 cm³/mol. The third-order valence-electron chi connectivity index (χ3n) is 4.10. The molecule has 0 spiro atoms. The van der Waals surface area contributed by atoms with Crippen LogP contribution in [0, 0.1) is 6.92 Å². The van der Waals surface area contributed by atoms with Gasteiger partial charge in [0.15, 0.2) is 11.5 Å². The van der Waals surface area contributed by atoms with Gasteiger partial charge in [-0.3, -0.25) is 9.78 Å². The summed E-state index contributed by atoms with van der Waals surface area (Å²) in [5.74, 6) is 0.814. The van der Waals surface area contributed by atoms with Crippen LogP contribution in [0.1, 0.15) is 23.4 Å². The Morgan fingerprint density at radius 1 is 1.12 bits per heavy atom. The smallest absolute Gasteiger partial charge is 0.222 e. The quantitative estimate of drug-likeness (QED) is 0.699. The summed E-state index contributed by atoms with van der Waals surface area (Å²) in [6, 6.07) is 9.87. The SMILES string of the molecule is Cc1nc2cc(CCC(=O)N(C)CCc3ccncc3)ccc2o1. The molecule has 1 aromatic carbocycles. The highest BCUT2D eigenvalue weighted by molar-refractivity contribution is 5.77. The van der Waals surface area contributed by atoms with Crippen molar-refractivity contribution in [2.24, 2.45) is 0 Å². The first-order chi connectivity index (χ1) is 11.6. The lowest BCUT2D eigenvalue weighted by Gasteiger charge is -2.17. The fraction of sp³-hybridized carbons (Fsp3) is 0.316. The molecule has 0 saturated carbocycles. The number of hydrogen-bond donors (Lipinski definition) is 0. The third-order valence-corrected chi connectivity index (χ3v) is 4.10. The number of aromatic nitrogens is 2. The summed E-state index contributed by atoms with van der Waals surface area (Å²) >= 11 is 0. The molecule has 124 valence electrons. The molecular formula is C19H21N3O2. The van der Waals surface area contributed by atoms with Gasteiger partial charge in [0.05, 0.1) is 0 Å². The zero-order valence-electron chi connectivity index (χ0n) is 14.0. The summed E-state index contributed by atoms with van der Waals surface area (Å²) in [5.41, 5.74) is 3.93. The first kappa shape index (κ1) is 16.2. The normalized spacial score (nSPS) is 10.9. The Balaban J connectivity index is 1.51. The monoisotopic (exact) mass is 323 g/mol. The molecule has 0 aliphatic carbocycles. The predicted octanol–water partition coefficient (Wildman–Crippen LogP) is 3.16. The van der Waals surface area contributed by atoms with E-state index in [2.05, 4.69) is 9.97 Å². The van der Waals surface area contributed by atoms with Crippen LogP contribution in [-0.2, 0) is 17.6 Å². The average molecular weight is 323 g/mol. The molecule has 2 heterocycles. The average Bonchev–Trinajstić information content (AvgIpc) is 2.97. The van der Waals surface area contributed by atoms with Crippen molar-refractivity contribution in [2.45, 2.75) is 26.2 Å². The summed E-state index contributed by atoms with van der Waals surface area (Å²) in [5, 5.41) is 0. The third kappa shape index (κ3) is 3.98. The Morgan fingerprint density at radius 2 is 1.92 bits per heavy atom. The Hall–Kier alpha value is -2.69. The number of carbonyl (C=O) groups is 1. The number of likely N-dealkylation sites (N-methyl/N-ethyl adjacent to an activating group) is 1. The van der Waals surface area contributed by atoms with Gasteiger partial charge < -0.3 is 9.32 Å². The van der Waals surface area contributed by atoms with E-state index in [4.69, 9.17) is 4.42 Å². The molecule has 3 aromatic rings. The number of rotatable bonds is 6. The number of pyridine rings is 1. The van der Waals surface area contributed by atoms with E-state index in [1.54, 1.807) is 17.3 Å². The summed E-state index contributed by atoms with van der Waals surface area (Å²) in [7, 11) is 1.85. The molecular weight excluding hydrogens is 302 g/mol. The molecule has 1 amide bonds. The Labute approximate surface area is 141 Å². The molecule has 3 rings (SSSR count). The van der Waals surface area contributed by atoms with Crippen LogP contribution in [0.2, 0.25) is 0 Å². The van der Waals surface area contributed by atoms with Crippen molar-refractivity contribution in [1.29, 1.82) is 0 Å². The van der Waals surface area contributed by atoms with Crippen molar-refractivity contribution < 1.29 is 9.21 Å². The summed E-state index contributed by atoms with van der Waals surface area (Å²) < 4.78 is 5.47. The van der Waals surface area contributed by atoms with Crippen LogP contribution in [-0.4, -0.2) is 34.4 Å². The van der Waals surface area contributed by atoms with Crippen LogP contribution in [0.25, 0.3) is 11.1 Å². The van der Waals surface area contributed by atoms with Gasteiger partial charge in [-0.2, -0.15) is 0 Å². The molecule has 5 heteroatoms. The van der Waals surface area contributed by atoms with Crippen LogP contribution in [0.4, 0.5) is 0 Å². The van der Waals surface area contributed by atoms with Gasteiger partial charge in [-0.15, -0.1) is 0 Å². The number of nitrogens with zero attached hydrogens (tertiary/aromatic N) is 3. The van der Waals surface area contributed by atoms with Crippen LogP contribution in [0.3, 0.4) is 0 Å².